The van der Waals surface area contributed by atoms with Crippen LogP contribution in [0.4, 0.5) is 16.2 Å². The SMILES string of the molecule is CC(C)(C)OC(=O)N(CC1CCCCC1)c1ccc(NCCn2cncn2)c(-c2ccncc2)c1. The van der Waals surface area contributed by atoms with Gasteiger partial charge in [-0.1, -0.05) is 19.3 Å². The number of carbonyl (C=O) groups excluding carboxylic acids is 1. The third kappa shape index (κ3) is 7.04. The lowest BCUT2D eigenvalue weighted by molar-refractivity contribution is 0.0572. The maximum Gasteiger partial charge on any atom is 0.414 e. The van der Waals surface area contributed by atoms with Crippen LogP contribution < -0.4 is 10.2 Å². The van der Waals surface area contributed by atoms with Gasteiger partial charge in [0.1, 0.15) is 18.3 Å². The Morgan fingerprint density at radius 3 is 2.57 bits per heavy atom. The fraction of sp³-hybridized carbons (Fsp3) is 0.481. The number of hydrogen-bond acceptors (Lipinski definition) is 6. The molecule has 35 heavy (non-hydrogen) atoms. The molecule has 0 saturated heterocycles. The fourth-order valence-corrected chi connectivity index (χ4v) is 4.51. The van der Waals surface area contributed by atoms with Crippen molar-refractivity contribution >= 4 is 17.5 Å². The van der Waals surface area contributed by atoms with Crippen LogP contribution in [0, 0.1) is 5.92 Å². The van der Waals surface area contributed by atoms with Crippen molar-refractivity contribution in [2.75, 3.05) is 23.3 Å². The molecule has 1 fully saturated rings. The number of carbonyl (C=O) groups is 1. The zero-order valence-electron chi connectivity index (χ0n) is 21.0. The highest BCUT2D eigenvalue weighted by Gasteiger charge is 2.27. The van der Waals surface area contributed by atoms with Gasteiger partial charge < -0.3 is 10.1 Å². The van der Waals surface area contributed by atoms with Gasteiger partial charge in [-0.15, -0.1) is 0 Å². The number of ether oxygens (including phenoxy) is 1. The number of hydrogen-bond donors (Lipinski definition) is 1. The lowest BCUT2D eigenvalue weighted by Gasteiger charge is -2.32. The van der Waals surface area contributed by atoms with E-state index in [0.717, 1.165) is 35.3 Å². The summed E-state index contributed by atoms with van der Waals surface area (Å²) in [6.45, 7) is 7.79. The summed E-state index contributed by atoms with van der Waals surface area (Å²) >= 11 is 0. The first-order chi connectivity index (χ1) is 16.9. The summed E-state index contributed by atoms with van der Waals surface area (Å²) in [5.41, 5.74) is 3.33. The highest BCUT2D eigenvalue weighted by Crippen LogP contribution is 2.34. The number of aromatic nitrogens is 4. The second kappa shape index (κ2) is 11.3. The molecule has 1 saturated carbocycles. The molecule has 1 aliphatic rings. The molecule has 8 nitrogen and oxygen atoms in total. The summed E-state index contributed by atoms with van der Waals surface area (Å²) in [5, 5.41) is 7.69. The Kier molecular flexibility index (Phi) is 8.00. The van der Waals surface area contributed by atoms with Gasteiger partial charge in [0, 0.05) is 42.4 Å². The molecule has 1 amide bonds. The van der Waals surface area contributed by atoms with E-state index < -0.39 is 5.60 Å². The van der Waals surface area contributed by atoms with Gasteiger partial charge in [-0.3, -0.25) is 14.6 Å². The van der Waals surface area contributed by atoms with E-state index in [1.807, 2.05) is 49.9 Å². The van der Waals surface area contributed by atoms with Crippen molar-refractivity contribution in [2.45, 2.75) is 65.0 Å². The molecule has 1 aromatic carbocycles. The van der Waals surface area contributed by atoms with Crippen LogP contribution in [-0.2, 0) is 11.3 Å². The van der Waals surface area contributed by atoms with E-state index in [2.05, 4.69) is 26.4 Å². The number of amides is 1. The molecule has 2 aromatic heterocycles. The average Bonchev–Trinajstić information content (AvgIpc) is 3.36. The van der Waals surface area contributed by atoms with Gasteiger partial charge >= 0.3 is 6.09 Å². The molecular formula is C27H36N6O2. The highest BCUT2D eigenvalue weighted by atomic mass is 16.6. The molecule has 1 aliphatic carbocycles. The molecule has 3 aromatic rings. The van der Waals surface area contributed by atoms with Crippen LogP contribution in [0.2, 0.25) is 0 Å². The molecule has 0 spiro atoms. The maximum atomic E-state index is 13.3. The average molecular weight is 477 g/mol. The van der Waals surface area contributed by atoms with Gasteiger partial charge in [0.05, 0.1) is 6.54 Å². The largest absolute Gasteiger partial charge is 0.443 e. The number of rotatable bonds is 8. The number of nitrogens with one attached hydrogen (secondary N) is 1. The van der Waals surface area contributed by atoms with Gasteiger partial charge in [-0.2, -0.15) is 5.10 Å². The smallest absolute Gasteiger partial charge is 0.414 e. The second-order valence-electron chi connectivity index (χ2n) is 10.1. The third-order valence-corrected chi connectivity index (χ3v) is 6.21. The van der Waals surface area contributed by atoms with Gasteiger partial charge in [0.15, 0.2) is 0 Å². The van der Waals surface area contributed by atoms with Gasteiger partial charge in [0.25, 0.3) is 0 Å². The summed E-state index contributed by atoms with van der Waals surface area (Å²) in [5.74, 6) is 0.487. The predicted molar refractivity (Wildman–Crippen MR) is 138 cm³/mol. The Labute approximate surface area is 207 Å². The lowest BCUT2D eigenvalue weighted by Crippen LogP contribution is -2.40. The number of nitrogens with zero attached hydrogens (tertiary/aromatic N) is 5. The van der Waals surface area contributed by atoms with Crippen molar-refractivity contribution in [1.82, 2.24) is 19.7 Å². The summed E-state index contributed by atoms with van der Waals surface area (Å²) in [4.78, 5) is 23.3. The molecule has 0 atom stereocenters. The van der Waals surface area contributed by atoms with Crippen molar-refractivity contribution in [3.8, 4) is 11.1 Å². The monoisotopic (exact) mass is 476 g/mol. The van der Waals surface area contributed by atoms with E-state index in [-0.39, 0.29) is 6.09 Å². The Hall–Kier alpha value is -3.42. The van der Waals surface area contributed by atoms with Crippen LogP contribution in [0.5, 0.6) is 0 Å². The van der Waals surface area contributed by atoms with Crippen molar-refractivity contribution in [3.63, 3.8) is 0 Å². The van der Waals surface area contributed by atoms with E-state index in [0.29, 0.717) is 25.6 Å². The van der Waals surface area contributed by atoms with E-state index >= 15 is 0 Å². The fourth-order valence-electron chi connectivity index (χ4n) is 4.51. The normalized spacial score (nSPS) is 14.5. The van der Waals surface area contributed by atoms with Crippen molar-refractivity contribution in [3.05, 3.63) is 55.4 Å². The van der Waals surface area contributed by atoms with Crippen LogP contribution >= 0.6 is 0 Å². The first kappa shape index (κ1) is 24.7. The first-order valence-electron chi connectivity index (χ1n) is 12.5. The van der Waals surface area contributed by atoms with Crippen LogP contribution in [0.15, 0.2) is 55.4 Å². The van der Waals surface area contributed by atoms with Crippen LogP contribution in [0.25, 0.3) is 11.1 Å². The van der Waals surface area contributed by atoms with Gasteiger partial charge in [-0.05, 0) is 75.4 Å². The Bertz CT molecular complexity index is 1070. The molecule has 1 N–H and O–H groups in total. The topological polar surface area (TPSA) is 85.2 Å². The van der Waals surface area contributed by atoms with Gasteiger partial charge in [0.2, 0.25) is 0 Å². The minimum atomic E-state index is -0.557. The van der Waals surface area contributed by atoms with E-state index in [4.69, 9.17) is 4.74 Å². The first-order valence-corrected chi connectivity index (χ1v) is 12.5. The molecule has 8 heteroatoms. The van der Waals surface area contributed by atoms with E-state index in [9.17, 15) is 4.79 Å². The van der Waals surface area contributed by atoms with Crippen LogP contribution in [0.3, 0.4) is 0 Å². The maximum absolute atomic E-state index is 13.3. The minimum absolute atomic E-state index is 0.296. The van der Waals surface area contributed by atoms with Crippen molar-refractivity contribution in [1.29, 1.82) is 0 Å². The summed E-state index contributed by atoms with van der Waals surface area (Å²) in [6, 6.07) is 10.1. The van der Waals surface area contributed by atoms with Crippen molar-refractivity contribution < 1.29 is 9.53 Å². The molecule has 0 radical (unpaired) electrons. The summed E-state index contributed by atoms with van der Waals surface area (Å²) < 4.78 is 7.62. The van der Waals surface area contributed by atoms with E-state index in [1.54, 1.807) is 23.4 Å². The number of anilines is 2. The molecule has 186 valence electrons. The molecule has 0 bridgehead atoms. The minimum Gasteiger partial charge on any atom is -0.443 e. The van der Waals surface area contributed by atoms with E-state index in [1.165, 1.54) is 25.6 Å². The number of pyridine rings is 1. The quantitative estimate of drug-likeness (QED) is 0.444. The molecule has 0 aliphatic heterocycles. The summed E-state index contributed by atoms with van der Waals surface area (Å²) in [6.07, 6.45) is 12.6. The zero-order chi connectivity index (χ0) is 24.7. The predicted octanol–water partition coefficient (Wildman–Crippen LogP) is 5.77. The number of benzene rings is 1. The van der Waals surface area contributed by atoms with Crippen molar-refractivity contribution in [2.24, 2.45) is 5.92 Å². The Morgan fingerprint density at radius 1 is 1.11 bits per heavy atom. The van der Waals surface area contributed by atoms with Crippen LogP contribution in [0.1, 0.15) is 52.9 Å². The highest BCUT2D eigenvalue weighted by molar-refractivity contribution is 5.91. The molecule has 2 heterocycles. The van der Waals surface area contributed by atoms with Crippen LogP contribution in [-0.4, -0.2) is 44.5 Å². The molecule has 0 unspecified atom stereocenters. The second-order valence-corrected chi connectivity index (χ2v) is 10.1. The summed E-state index contributed by atoms with van der Waals surface area (Å²) in [7, 11) is 0. The Morgan fingerprint density at radius 2 is 1.89 bits per heavy atom. The standard InChI is InChI=1S/C27H36N6O2/c1-27(2,3)35-26(34)33(18-21-7-5-4-6-8-21)23-9-10-25(30-15-16-32-20-29-19-31-32)24(17-23)22-11-13-28-14-12-22/h9-14,17,19-21,30H,4-8,15-16,18H2,1-3H3. The van der Waals surface area contributed by atoms with Gasteiger partial charge in [-0.25, -0.2) is 9.78 Å². The molecule has 4 rings (SSSR count). The zero-order valence-corrected chi connectivity index (χ0v) is 21.0. The third-order valence-electron chi connectivity index (χ3n) is 6.21. The Balaban J connectivity index is 1.63. The lowest BCUT2D eigenvalue weighted by atomic mass is 9.89. The molecular weight excluding hydrogens is 440 g/mol.